The second kappa shape index (κ2) is 7.60. The Bertz CT molecular complexity index is 360. The Hall–Kier alpha value is -0.940. The maximum Gasteiger partial charge on any atom is 0.240 e. The highest BCUT2D eigenvalue weighted by Crippen LogP contribution is 2.13. The number of rotatable bonds is 7. The van der Waals surface area contributed by atoms with Gasteiger partial charge in [-0.05, 0) is 32.4 Å². The Balaban J connectivity index is 1.88. The summed E-state index contributed by atoms with van der Waals surface area (Å²) in [4.78, 5) is 6.92. The van der Waals surface area contributed by atoms with Crippen LogP contribution in [0.25, 0.3) is 0 Å². The summed E-state index contributed by atoms with van der Waals surface area (Å²) < 4.78 is 5.36. The van der Waals surface area contributed by atoms with E-state index in [1.807, 2.05) is 0 Å². The van der Waals surface area contributed by atoms with Gasteiger partial charge in [0.2, 0.25) is 5.89 Å². The third-order valence-corrected chi connectivity index (χ3v) is 3.80. The summed E-state index contributed by atoms with van der Waals surface area (Å²) in [6, 6.07) is 0.602. The molecule has 1 atom stereocenters. The monoisotopic (exact) mass is 266 g/mol. The van der Waals surface area contributed by atoms with Gasteiger partial charge >= 0.3 is 0 Å². The van der Waals surface area contributed by atoms with Crippen molar-refractivity contribution in [1.29, 1.82) is 0 Å². The van der Waals surface area contributed by atoms with E-state index >= 15 is 0 Å². The molecular formula is C14H26N4O. The predicted octanol–water partition coefficient (Wildman–Crippen LogP) is 1.99. The first-order valence-electron chi connectivity index (χ1n) is 7.59. The van der Waals surface area contributed by atoms with Gasteiger partial charge in [-0.25, -0.2) is 0 Å². The van der Waals surface area contributed by atoms with Crippen LogP contribution in [0.4, 0.5) is 0 Å². The van der Waals surface area contributed by atoms with Crippen LogP contribution < -0.4 is 5.32 Å². The molecule has 1 aliphatic heterocycles. The van der Waals surface area contributed by atoms with E-state index in [1.165, 1.54) is 19.3 Å². The van der Waals surface area contributed by atoms with Crippen LogP contribution in [0.15, 0.2) is 4.52 Å². The lowest BCUT2D eigenvalue weighted by molar-refractivity contribution is 0.147. The van der Waals surface area contributed by atoms with Gasteiger partial charge in [0.05, 0.1) is 6.54 Å². The van der Waals surface area contributed by atoms with E-state index < -0.39 is 0 Å². The fourth-order valence-corrected chi connectivity index (χ4v) is 2.61. The summed E-state index contributed by atoms with van der Waals surface area (Å²) in [6.07, 6.45) is 5.74. The van der Waals surface area contributed by atoms with Crippen LogP contribution >= 0.6 is 0 Å². The standard InChI is InChI=1S/C14H26N4O/c1-3-5-8-13-16-14(19-17-13)11-18(4-2)12-7-6-9-15-10-12/h12,15H,3-11H2,1-2H3. The molecule has 1 unspecified atom stereocenters. The van der Waals surface area contributed by atoms with Gasteiger partial charge in [-0.2, -0.15) is 4.98 Å². The Kier molecular flexibility index (Phi) is 5.79. The Morgan fingerprint density at radius 2 is 2.32 bits per heavy atom. The third-order valence-electron chi connectivity index (χ3n) is 3.80. The molecule has 108 valence electrons. The van der Waals surface area contributed by atoms with Crippen molar-refractivity contribution in [2.24, 2.45) is 0 Å². The minimum absolute atomic E-state index is 0.602. The van der Waals surface area contributed by atoms with Gasteiger partial charge in [0.15, 0.2) is 5.82 Å². The number of hydrogen-bond donors (Lipinski definition) is 1. The molecule has 19 heavy (non-hydrogen) atoms. The molecule has 1 aliphatic rings. The number of piperidine rings is 1. The molecule has 1 saturated heterocycles. The molecule has 1 aromatic heterocycles. The molecule has 0 amide bonds. The Labute approximate surface area is 115 Å². The molecule has 1 fully saturated rings. The predicted molar refractivity (Wildman–Crippen MR) is 74.9 cm³/mol. The van der Waals surface area contributed by atoms with Crippen molar-refractivity contribution in [3.8, 4) is 0 Å². The van der Waals surface area contributed by atoms with Crippen molar-refractivity contribution in [1.82, 2.24) is 20.4 Å². The quantitative estimate of drug-likeness (QED) is 0.818. The van der Waals surface area contributed by atoms with Crippen LogP contribution in [0.2, 0.25) is 0 Å². The Morgan fingerprint density at radius 1 is 1.42 bits per heavy atom. The molecular weight excluding hydrogens is 240 g/mol. The van der Waals surface area contributed by atoms with Gasteiger partial charge in [-0.3, -0.25) is 4.90 Å². The molecule has 2 heterocycles. The molecule has 0 radical (unpaired) electrons. The first-order valence-corrected chi connectivity index (χ1v) is 7.59. The van der Waals surface area contributed by atoms with Gasteiger partial charge in [0, 0.05) is 19.0 Å². The fraction of sp³-hybridized carbons (Fsp3) is 0.857. The first-order chi connectivity index (χ1) is 9.33. The van der Waals surface area contributed by atoms with Crippen LogP contribution in [0.5, 0.6) is 0 Å². The molecule has 0 aromatic carbocycles. The average Bonchev–Trinajstić information content (AvgIpc) is 2.91. The number of aryl methyl sites for hydroxylation is 1. The molecule has 5 heteroatoms. The minimum atomic E-state index is 0.602. The molecule has 0 spiro atoms. The topological polar surface area (TPSA) is 54.2 Å². The molecule has 1 aromatic rings. The molecule has 0 aliphatic carbocycles. The van der Waals surface area contributed by atoms with E-state index in [1.54, 1.807) is 0 Å². The maximum atomic E-state index is 5.36. The van der Waals surface area contributed by atoms with Crippen molar-refractivity contribution < 1.29 is 4.52 Å². The maximum absolute atomic E-state index is 5.36. The van der Waals surface area contributed by atoms with E-state index in [0.717, 1.165) is 50.7 Å². The second-order valence-electron chi connectivity index (χ2n) is 5.27. The summed E-state index contributed by atoms with van der Waals surface area (Å²) in [5, 5.41) is 7.52. The third kappa shape index (κ3) is 4.28. The molecule has 0 saturated carbocycles. The zero-order valence-electron chi connectivity index (χ0n) is 12.2. The van der Waals surface area contributed by atoms with Gasteiger partial charge < -0.3 is 9.84 Å². The summed E-state index contributed by atoms with van der Waals surface area (Å²) >= 11 is 0. The average molecular weight is 266 g/mol. The normalized spacial score (nSPS) is 20.1. The van der Waals surface area contributed by atoms with Gasteiger partial charge in [-0.15, -0.1) is 0 Å². The largest absolute Gasteiger partial charge is 0.338 e. The van der Waals surface area contributed by atoms with Crippen LogP contribution in [-0.4, -0.2) is 40.7 Å². The summed E-state index contributed by atoms with van der Waals surface area (Å²) in [5.74, 6) is 1.62. The number of nitrogens with zero attached hydrogens (tertiary/aromatic N) is 3. The summed E-state index contributed by atoms with van der Waals surface area (Å²) in [5.41, 5.74) is 0. The van der Waals surface area contributed by atoms with Crippen LogP contribution in [0.3, 0.4) is 0 Å². The fourth-order valence-electron chi connectivity index (χ4n) is 2.61. The molecule has 1 N–H and O–H groups in total. The van der Waals surface area contributed by atoms with Gasteiger partial charge in [0.25, 0.3) is 0 Å². The van der Waals surface area contributed by atoms with E-state index in [9.17, 15) is 0 Å². The molecule has 2 rings (SSSR count). The van der Waals surface area contributed by atoms with Crippen molar-refractivity contribution in [2.75, 3.05) is 19.6 Å². The van der Waals surface area contributed by atoms with E-state index in [4.69, 9.17) is 4.52 Å². The number of aromatic nitrogens is 2. The lowest BCUT2D eigenvalue weighted by Gasteiger charge is -2.32. The van der Waals surface area contributed by atoms with Crippen LogP contribution in [0.1, 0.15) is 51.2 Å². The smallest absolute Gasteiger partial charge is 0.240 e. The first kappa shape index (κ1) is 14.5. The number of likely N-dealkylation sites (N-methyl/N-ethyl adjacent to an activating group) is 1. The second-order valence-corrected chi connectivity index (χ2v) is 5.27. The van der Waals surface area contributed by atoms with E-state index in [0.29, 0.717) is 6.04 Å². The number of unbranched alkanes of at least 4 members (excludes halogenated alkanes) is 1. The summed E-state index contributed by atoms with van der Waals surface area (Å²) in [7, 11) is 0. The highest BCUT2D eigenvalue weighted by atomic mass is 16.5. The highest BCUT2D eigenvalue weighted by molar-refractivity contribution is 4.88. The van der Waals surface area contributed by atoms with Crippen molar-refractivity contribution >= 4 is 0 Å². The van der Waals surface area contributed by atoms with E-state index in [-0.39, 0.29) is 0 Å². The van der Waals surface area contributed by atoms with Crippen molar-refractivity contribution in [3.63, 3.8) is 0 Å². The summed E-state index contributed by atoms with van der Waals surface area (Å²) in [6.45, 7) is 8.40. The minimum Gasteiger partial charge on any atom is -0.338 e. The van der Waals surface area contributed by atoms with Crippen molar-refractivity contribution in [2.45, 2.75) is 58.5 Å². The van der Waals surface area contributed by atoms with Crippen LogP contribution in [-0.2, 0) is 13.0 Å². The number of nitrogens with one attached hydrogen (secondary N) is 1. The van der Waals surface area contributed by atoms with Crippen LogP contribution in [0, 0.1) is 0 Å². The zero-order valence-corrected chi connectivity index (χ0v) is 12.2. The molecule has 0 bridgehead atoms. The number of hydrogen-bond acceptors (Lipinski definition) is 5. The SMILES string of the molecule is CCCCc1noc(CN(CC)C2CCCNC2)n1. The van der Waals surface area contributed by atoms with Crippen molar-refractivity contribution in [3.05, 3.63) is 11.7 Å². The highest BCUT2D eigenvalue weighted by Gasteiger charge is 2.21. The Morgan fingerprint density at radius 3 is 3.00 bits per heavy atom. The zero-order chi connectivity index (χ0) is 13.5. The van der Waals surface area contributed by atoms with Gasteiger partial charge in [-0.1, -0.05) is 25.4 Å². The lowest BCUT2D eigenvalue weighted by atomic mass is 10.1. The van der Waals surface area contributed by atoms with Gasteiger partial charge in [0.1, 0.15) is 0 Å². The molecule has 5 nitrogen and oxygen atoms in total. The van der Waals surface area contributed by atoms with E-state index in [2.05, 4.69) is 34.2 Å². The lowest BCUT2D eigenvalue weighted by Crippen LogP contribution is -2.45.